The van der Waals surface area contributed by atoms with Gasteiger partial charge in [-0.05, 0) is 23.8 Å². The van der Waals surface area contributed by atoms with E-state index in [0.717, 1.165) is 22.7 Å². The quantitative estimate of drug-likeness (QED) is 0.316. The summed E-state index contributed by atoms with van der Waals surface area (Å²) in [5.74, 6) is -1.88. The molecule has 2 bridgehead atoms. The topological polar surface area (TPSA) is 135 Å². The summed E-state index contributed by atoms with van der Waals surface area (Å²) >= 11 is 1.14. The Labute approximate surface area is 180 Å². The molecule has 0 radical (unpaired) electrons. The number of hydrogen-bond donors (Lipinski definition) is 1. The van der Waals surface area contributed by atoms with E-state index in [9.17, 15) is 24.5 Å². The third-order valence-electron chi connectivity index (χ3n) is 6.27. The number of likely N-dealkylation sites (tertiary alicyclic amines) is 1. The summed E-state index contributed by atoms with van der Waals surface area (Å²) in [6.45, 7) is 0. The van der Waals surface area contributed by atoms with Crippen molar-refractivity contribution >= 4 is 39.9 Å². The van der Waals surface area contributed by atoms with Gasteiger partial charge in [0.2, 0.25) is 22.9 Å². The molecule has 158 valence electrons. The van der Waals surface area contributed by atoms with E-state index in [4.69, 9.17) is 0 Å². The number of imide groups is 1. The van der Waals surface area contributed by atoms with Gasteiger partial charge in [-0.3, -0.25) is 29.4 Å². The lowest BCUT2D eigenvalue weighted by Gasteiger charge is -2.27. The third-order valence-corrected chi connectivity index (χ3v) is 6.87. The van der Waals surface area contributed by atoms with Gasteiger partial charge in [0, 0.05) is 12.1 Å². The maximum Gasteiger partial charge on any atom is 0.269 e. The van der Waals surface area contributed by atoms with E-state index in [1.54, 1.807) is 6.07 Å². The molecule has 1 aliphatic heterocycles. The molecule has 11 heteroatoms. The molecular formula is C20H17N5O5S. The number of nitrogens with one attached hydrogen (secondary N) is 1. The van der Waals surface area contributed by atoms with Crippen molar-refractivity contribution in [2.24, 2.45) is 23.7 Å². The molecule has 1 saturated carbocycles. The number of carbonyl (C=O) groups excluding carboxylic acids is 3. The van der Waals surface area contributed by atoms with Crippen LogP contribution < -0.4 is 5.32 Å². The smallest absolute Gasteiger partial charge is 0.269 e. The lowest BCUT2D eigenvalue weighted by atomic mass is 9.85. The Kier molecular flexibility index (Phi) is 4.62. The van der Waals surface area contributed by atoms with Crippen LogP contribution in [-0.2, 0) is 14.4 Å². The Bertz CT molecular complexity index is 1090. The number of anilines is 1. The molecule has 31 heavy (non-hydrogen) atoms. The number of non-ortho nitro benzene ring substituents is 1. The van der Waals surface area contributed by atoms with Crippen molar-refractivity contribution in [2.75, 3.05) is 5.32 Å². The van der Waals surface area contributed by atoms with Crippen LogP contribution in [0.3, 0.4) is 0 Å². The van der Waals surface area contributed by atoms with E-state index in [2.05, 4.69) is 15.5 Å². The SMILES string of the molecule is O=C(CC(c1cccc([N+](=O)[O-])c1)N1C(=O)C2C3C=CC(C3)C2C1=O)Nc1nncs1. The van der Waals surface area contributed by atoms with Crippen molar-refractivity contribution < 1.29 is 19.3 Å². The molecule has 5 atom stereocenters. The second-order valence-corrected chi connectivity index (χ2v) is 8.74. The average Bonchev–Trinajstić information content (AvgIpc) is 3.53. The van der Waals surface area contributed by atoms with E-state index in [0.29, 0.717) is 10.7 Å². The van der Waals surface area contributed by atoms with Gasteiger partial charge < -0.3 is 5.32 Å². The minimum atomic E-state index is -0.946. The molecule has 1 N–H and O–H groups in total. The molecule has 3 amide bonds. The summed E-state index contributed by atoms with van der Waals surface area (Å²) in [6.07, 6.45) is 4.54. The van der Waals surface area contributed by atoms with Gasteiger partial charge in [-0.2, -0.15) is 0 Å². The van der Waals surface area contributed by atoms with E-state index < -0.39 is 28.7 Å². The number of nitrogens with zero attached hydrogens (tertiary/aromatic N) is 4. The molecule has 5 rings (SSSR count). The van der Waals surface area contributed by atoms with Crippen LogP contribution in [0.15, 0.2) is 41.9 Å². The summed E-state index contributed by atoms with van der Waals surface area (Å²) in [4.78, 5) is 51.2. The monoisotopic (exact) mass is 439 g/mol. The van der Waals surface area contributed by atoms with E-state index >= 15 is 0 Å². The number of allylic oxidation sites excluding steroid dienone is 2. The minimum absolute atomic E-state index is 0.0254. The van der Waals surface area contributed by atoms with Crippen LogP contribution in [0.25, 0.3) is 0 Å². The highest BCUT2D eigenvalue weighted by atomic mass is 32.1. The number of rotatable bonds is 6. The molecule has 2 fully saturated rings. The zero-order valence-electron chi connectivity index (χ0n) is 16.1. The first-order valence-corrected chi connectivity index (χ1v) is 10.7. The van der Waals surface area contributed by atoms with Crippen molar-refractivity contribution in [3.05, 3.63) is 57.6 Å². The second kappa shape index (κ2) is 7.34. The Hall–Kier alpha value is -3.47. The van der Waals surface area contributed by atoms with Crippen molar-refractivity contribution in [2.45, 2.75) is 18.9 Å². The number of nitro benzene ring substituents is 1. The van der Waals surface area contributed by atoms with Crippen LogP contribution in [0.4, 0.5) is 10.8 Å². The van der Waals surface area contributed by atoms with Crippen molar-refractivity contribution in [3.63, 3.8) is 0 Å². The Morgan fingerprint density at radius 1 is 1.26 bits per heavy atom. The molecule has 10 nitrogen and oxygen atoms in total. The highest BCUT2D eigenvalue weighted by Crippen LogP contribution is 2.54. The molecule has 1 aromatic heterocycles. The Morgan fingerprint density at radius 3 is 2.58 bits per heavy atom. The van der Waals surface area contributed by atoms with Crippen LogP contribution in [0.2, 0.25) is 0 Å². The number of benzene rings is 1. The summed E-state index contributed by atoms with van der Waals surface area (Å²) in [5, 5.41) is 21.6. The predicted octanol–water partition coefficient (Wildman–Crippen LogP) is 2.32. The van der Waals surface area contributed by atoms with Crippen molar-refractivity contribution in [1.82, 2.24) is 15.1 Å². The Balaban J connectivity index is 1.49. The highest BCUT2D eigenvalue weighted by molar-refractivity contribution is 7.13. The van der Waals surface area contributed by atoms with Gasteiger partial charge in [-0.25, -0.2) is 0 Å². The lowest BCUT2D eigenvalue weighted by Crippen LogP contribution is -2.38. The first-order valence-electron chi connectivity index (χ1n) is 9.79. The fraction of sp³-hybridized carbons (Fsp3) is 0.350. The number of amides is 3. The largest absolute Gasteiger partial charge is 0.300 e. The average molecular weight is 439 g/mol. The molecular weight excluding hydrogens is 422 g/mol. The lowest BCUT2D eigenvalue weighted by molar-refractivity contribution is -0.385. The normalized spacial score (nSPS) is 26.9. The van der Waals surface area contributed by atoms with Gasteiger partial charge >= 0.3 is 0 Å². The zero-order chi connectivity index (χ0) is 21.7. The van der Waals surface area contributed by atoms with Gasteiger partial charge in [0.25, 0.3) is 5.69 Å². The van der Waals surface area contributed by atoms with Crippen LogP contribution >= 0.6 is 11.3 Å². The van der Waals surface area contributed by atoms with Gasteiger partial charge in [-0.15, -0.1) is 10.2 Å². The fourth-order valence-corrected chi connectivity index (χ4v) is 5.47. The van der Waals surface area contributed by atoms with E-state index in [1.165, 1.54) is 23.7 Å². The number of aromatic nitrogens is 2. The first-order chi connectivity index (χ1) is 14.9. The summed E-state index contributed by atoms with van der Waals surface area (Å²) in [7, 11) is 0. The number of carbonyl (C=O) groups is 3. The standard InChI is InChI=1S/C20H17N5O5S/c26-15(22-20-23-21-9-31-20)8-14(10-2-1-3-13(7-10)25(29)30)24-18(27)16-11-4-5-12(6-11)17(16)19(24)28/h1-5,7,9,11-12,14,16-17H,6,8H2,(H,22,23,26). The number of hydrogen-bond acceptors (Lipinski definition) is 8. The van der Waals surface area contributed by atoms with Crippen LogP contribution in [0.1, 0.15) is 24.4 Å². The molecule has 2 aromatic rings. The minimum Gasteiger partial charge on any atom is -0.300 e. The number of fused-ring (bicyclic) bond motifs is 5. The molecule has 0 spiro atoms. The Morgan fingerprint density at radius 2 is 1.97 bits per heavy atom. The highest BCUT2D eigenvalue weighted by Gasteiger charge is 2.60. The summed E-state index contributed by atoms with van der Waals surface area (Å²) in [5.41, 5.74) is 1.65. The maximum atomic E-state index is 13.3. The summed E-state index contributed by atoms with van der Waals surface area (Å²) < 4.78 is 0. The fourth-order valence-electron chi connectivity index (χ4n) is 5.01. The van der Waals surface area contributed by atoms with Gasteiger partial charge in [0.15, 0.2) is 0 Å². The maximum absolute atomic E-state index is 13.3. The zero-order valence-corrected chi connectivity index (χ0v) is 16.9. The van der Waals surface area contributed by atoms with E-state index in [1.807, 2.05) is 12.2 Å². The van der Waals surface area contributed by atoms with Crippen molar-refractivity contribution in [1.29, 1.82) is 0 Å². The third kappa shape index (κ3) is 3.21. The second-order valence-electron chi connectivity index (χ2n) is 7.91. The predicted molar refractivity (Wildman–Crippen MR) is 109 cm³/mol. The van der Waals surface area contributed by atoms with Crippen LogP contribution in [-0.4, -0.2) is 37.7 Å². The molecule has 1 aromatic carbocycles. The number of nitro groups is 1. The molecule has 1 saturated heterocycles. The van der Waals surface area contributed by atoms with Crippen LogP contribution in [0.5, 0.6) is 0 Å². The van der Waals surface area contributed by atoms with E-state index in [-0.39, 0.29) is 35.8 Å². The van der Waals surface area contributed by atoms with Crippen molar-refractivity contribution in [3.8, 4) is 0 Å². The molecule has 2 heterocycles. The first kappa shape index (κ1) is 19.5. The van der Waals surface area contributed by atoms with Gasteiger partial charge in [0.05, 0.1) is 29.2 Å². The summed E-state index contributed by atoms with van der Waals surface area (Å²) in [6, 6.07) is 4.77. The molecule has 5 unspecified atom stereocenters. The molecule has 3 aliphatic rings. The van der Waals surface area contributed by atoms with Gasteiger partial charge in [0.1, 0.15) is 5.51 Å². The van der Waals surface area contributed by atoms with Gasteiger partial charge in [-0.1, -0.05) is 35.6 Å². The van der Waals surface area contributed by atoms with Crippen LogP contribution in [0, 0.1) is 33.8 Å². The molecule has 2 aliphatic carbocycles.